The molecule has 0 aromatic heterocycles. The topological polar surface area (TPSA) is 50.8 Å². The van der Waals surface area contributed by atoms with E-state index in [2.05, 4.69) is 26.1 Å². The quantitative estimate of drug-likeness (QED) is 0.850. The van der Waals surface area contributed by atoms with Crippen molar-refractivity contribution in [1.82, 2.24) is 0 Å². The molecule has 126 valence electrons. The van der Waals surface area contributed by atoms with Crippen molar-refractivity contribution in [2.24, 2.45) is 0 Å². The van der Waals surface area contributed by atoms with Crippen LogP contribution in [-0.4, -0.2) is 38.8 Å². The average Bonchev–Trinajstić information content (AvgIpc) is 2.62. The van der Waals surface area contributed by atoms with Gasteiger partial charge in [-0.15, -0.1) is 0 Å². The van der Waals surface area contributed by atoms with E-state index < -0.39 is 0 Å². The fourth-order valence-corrected chi connectivity index (χ4v) is 3.14. The van der Waals surface area contributed by atoms with Gasteiger partial charge >= 0.3 is 0 Å². The third-order valence-electron chi connectivity index (χ3n) is 3.70. The van der Waals surface area contributed by atoms with Crippen molar-refractivity contribution in [1.29, 1.82) is 0 Å². The number of nitrogens with one attached hydrogen (secondary N) is 1. The standard InChI is InChI=1S/C18H19BrN2O3/c19-16-12-14(6-7-17(16)21-8-10-23-11-9-21)20-18(22)13-24-15-4-2-1-3-5-15/h1-7,12H,8-11,13H2,(H,20,22). The van der Waals surface area contributed by atoms with Gasteiger partial charge in [0.2, 0.25) is 0 Å². The van der Waals surface area contributed by atoms with Crippen LogP contribution in [0.25, 0.3) is 0 Å². The summed E-state index contributed by atoms with van der Waals surface area (Å²) in [5.74, 6) is 0.487. The molecule has 24 heavy (non-hydrogen) atoms. The molecule has 5 nitrogen and oxygen atoms in total. The summed E-state index contributed by atoms with van der Waals surface area (Å²) in [7, 11) is 0. The third kappa shape index (κ3) is 4.49. The van der Waals surface area contributed by atoms with Crippen LogP contribution in [0.3, 0.4) is 0 Å². The van der Waals surface area contributed by atoms with E-state index in [4.69, 9.17) is 9.47 Å². The molecule has 1 aliphatic rings. The maximum atomic E-state index is 12.0. The predicted octanol–water partition coefficient (Wildman–Crippen LogP) is 3.30. The molecular weight excluding hydrogens is 372 g/mol. The second-order valence-electron chi connectivity index (χ2n) is 5.42. The summed E-state index contributed by atoms with van der Waals surface area (Å²) >= 11 is 3.58. The zero-order valence-corrected chi connectivity index (χ0v) is 14.8. The number of halogens is 1. The first-order chi connectivity index (χ1) is 11.7. The molecule has 0 unspecified atom stereocenters. The molecule has 6 heteroatoms. The number of morpholine rings is 1. The van der Waals surface area contributed by atoms with Crippen molar-refractivity contribution >= 4 is 33.2 Å². The molecule has 1 amide bonds. The summed E-state index contributed by atoms with van der Waals surface area (Å²) in [6.07, 6.45) is 0. The Kier molecular flexibility index (Phi) is 5.72. The van der Waals surface area contributed by atoms with Crippen LogP contribution in [0.5, 0.6) is 5.75 Å². The van der Waals surface area contributed by atoms with E-state index in [1.165, 1.54) is 0 Å². The van der Waals surface area contributed by atoms with Crippen LogP contribution in [0.2, 0.25) is 0 Å². The van der Waals surface area contributed by atoms with Gasteiger partial charge in [-0.3, -0.25) is 4.79 Å². The molecule has 3 rings (SSSR count). The molecule has 1 N–H and O–H groups in total. The maximum Gasteiger partial charge on any atom is 0.262 e. The molecule has 0 bridgehead atoms. The molecular formula is C18H19BrN2O3. The lowest BCUT2D eigenvalue weighted by Gasteiger charge is -2.29. The van der Waals surface area contributed by atoms with E-state index in [1.54, 1.807) is 0 Å². The van der Waals surface area contributed by atoms with Crippen LogP contribution in [-0.2, 0) is 9.53 Å². The van der Waals surface area contributed by atoms with Crippen molar-refractivity contribution in [3.8, 4) is 5.75 Å². The van der Waals surface area contributed by atoms with Gasteiger partial charge in [-0.1, -0.05) is 18.2 Å². The van der Waals surface area contributed by atoms with Gasteiger partial charge in [-0.05, 0) is 46.3 Å². The first kappa shape index (κ1) is 16.8. The number of rotatable bonds is 5. The Balaban J connectivity index is 1.57. The molecule has 1 aliphatic heterocycles. The van der Waals surface area contributed by atoms with Crippen LogP contribution in [0.1, 0.15) is 0 Å². The predicted molar refractivity (Wildman–Crippen MR) is 97.7 cm³/mol. The van der Waals surface area contributed by atoms with Gasteiger partial charge in [-0.2, -0.15) is 0 Å². The van der Waals surface area contributed by atoms with E-state index in [9.17, 15) is 4.79 Å². The van der Waals surface area contributed by atoms with Crippen LogP contribution in [0.15, 0.2) is 53.0 Å². The Labute approximate surface area is 149 Å². The fourth-order valence-electron chi connectivity index (χ4n) is 2.51. The maximum absolute atomic E-state index is 12.0. The van der Waals surface area contributed by atoms with Gasteiger partial charge < -0.3 is 19.7 Å². The highest BCUT2D eigenvalue weighted by Crippen LogP contribution is 2.29. The first-order valence-electron chi connectivity index (χ1n) is 7.82. The number of hydrogen-bond acceptors (Lipinski definition) is 4. The zero-order chi connectivity index (χ0) is 16.8. The molecule has 0 saturated carbocycles. The number of hydrogen-bond donors (Lipinski definition) is 1. The molecule has 2 aromatic rings. The van der Waals surface area contributed by atoms with E-state index in [0.717, 1.165) is 42.2 Å². The number of carbonyl (C=O) groups is 1. The normalized spacial score (nSPS) is 14.3. The molecule has 1 fully saturated rings. The SMILES string of the molecule is O=C(COc1ccccc1)Nc1ccc(N2CCOCC2)c(Br)c1. The molecule has 0 atom stereocenters. The number of benzene rings is 2. The van der Waals surface area contributed by atoms with Crippen LogP contribution in [0.4, 0.5) is 11.4 Å². The van der Waals surface area contributed by atoms with Crippen molar-refractivity contribution in [2.45, 2.75) is 0 Å². The summed E-state index contributed by atoms with van der Waals surface area (Å²) < 4.78 is 11.8. The zero-order valence-electron chi connectivity index (χ0n) is 13.2. The molecule has 0 radical (unpaired) electrons. The van der Waals surface area contributed by atoms with Crippen molar-refractivity contribution < 1.29 is 14.3 Å². The molecule has 2 aromatic carbocycles. The van der Waals surface area contributed by atoms with E-state index in [1.807, 2.05) is 48.5 Å². The Morgan fingerprint density at radius 1 is 1.17 bits per heavy atom. The van der Waals surface area contributed by atoms with E-state index in [0.29, 0.717) is 5.75 Å². The number of anilines is 2. The summed E-state index contributed by atoms with van der Waals surface area (Å²) in [5, 5.41) is 2.85. The largest absolute Gasteiger partial charge is 0.484 e. The summed E-state index contributed by atoms with van der Waals surface area (Å²) in [5.41, 5.74) is 1.84. The minimum atomic E-state index is -0.190. The minimum absolute atomic E-state index is 0.0210. The van der Waals surface area contributed by atoms with Gasteiger partial charge in [0, 0.05) is 23.2 Å². The number of amides is 1. The Hall–Kier alpha value is -2.05. The monoisotopic (exact) mass is 390 g/mol. The van der Waals surface area contributed by atoms with Gasteiger partial charge in [0.1, 0.15) is 5.75 Å². The molecule has 0 spiro atoms. The Bertz CT molecular complexity index is 688. The van der Waals surface area contributed by atoms with E-state index >= 15 is 0 Å². The number of ether oxygens (including phenoxy) is 2. The molecule has 0 aliphatic carbocycles. The second-order valence-corrected chi connectivity index (χ2v) is 6.27. The first-order valence-corrected chi connectivity index (χ1v) is 8.61. The van der Waals surface area contributed by atoms with E-state index in [-0.39, 0.29) is 12.5 Å². The summed E-state index contributed by atoms with van der Waals surface area (Å²) in [6, 6.07) is 15.1. The molecule has 1 heterocycles. The van der Waals surface area contributed by atoms with Gasteiger partial charge in [0.15, 0.2) is 6.61 Å². The number of nitrogens with zero attached hydrogens (tertiary/aromatic N) is 1. The fraction of sp³-hybridized carbons (Fsp3) is 0.278. The van der Waals surface area contributed by atoms with Gasteiger partial charge in [0.05, 0.1) is 18.9 Å². The third-order valence-corrected chi connectivity index (χ3v) is 4.33. The highest BCUT2D eigenvalue weighted by atomic mass is 79.9. The van der Waals surface area contributed by atoms with Crippen molar-refractivity contribution in [3.63, 3.8) is 0 Å². The number of para-hydroxylation sites is 1. The van der Waals surface area contributed by atoms with Crippen LogP contribution in [0, 0.1) is 0 Å². The van der Waals surface area contributed by atoms with Gasteiger partial charge in [0.25, 0.3) is 5.91 Å². The van der Waals surface area contributed by atoms with Gasteiger partial charge in [-0.25, -0.2) is 0 Å². The van der Waals surface area contributed by atoms with Crippen LogP contribution >= 0.6 is 15.9 Å². The summed E-state index contributed by atoms with van der Waals surface area (Å²) in [4.78, 5) is 14.3. The summed E-state index contributed by atoms with van der Waals surface area (Å²) in [6.45, 7) is 3.20. The smallest absolute Gasteiger partial charge is 0.262 e. The molecule has 1 saturated heterocycles. The van der Waals surface area contributed by atoms with Crippen LogP contribution < -0.4 is 15.0 Å². The van der Waals surface area contributed by atoms with Crippen molar-refractivity contribution in [2.75, 3.05) is 43.1 Å². The Morgan fingerprint density at radius 3 is 2.62 bits per heavy atom. The Morgan fingerprint density at radius 2 is 1.92 bits per heavy atom. The highest BCUT2D eigenvalue weighted by molar-refractivity contribution is 9.10. The highest BCUT2D eigenvalue weighted by Gasteiger charge is 2.14. The number of carbonyl (C=O) groups excluding carboxylic acids is 1. The lowest BCUT2D eigenvalue weighted by Crippen LogP contribution is -2.36. The van der Waals surface area contributed by atoms with Crippen molar-refractivity contribution in [3.05, 3.63) is 53.0 Å². The second kappa shape index (κ2) is 8.17. The minimum Gasteiger partial charge on any atom is -0.484 e. The lowest BCUT2D eigenvalue weighted by atomic mass is 10.2. The average molecular weight is 391 g/mol. The lowest BCUT2D eigenvalue weighted by molar-refractivity contribution is -0.118.